The third-order valence-corrected chi connectivity index (χ3v) is 1.52. The molecule has 0 unspecified atom stereocenters. The highest BCUT2D eigenvalue weighted by molar-refractivity contribution is 5.96. The normalized spacial score (nSPS) is 9.08. The van der Waals surface area contributed by atoms with Gasteiger partial charge in [0, 0.05) is 5.71 Å². The average molecular weight is 162 g/mol. The molecular formula is C9H7FN2. The Bertz CT molecular complexity index is 363. The summed E-state index contributed by atoms with van der Waals surface area (Å²) in [4.78, 5) is 0. The molecule has 0 atom stereocenters. The van der Waals surface area contributed by atoms with Gasteiger partial charge in [0.2, 0.25) is 0 Å². The minimum absolute atomic E-state index is 0.0147. The number of nitrogens with one attached hydrogen (secondary N) is 1. The lowest BCUT2D eigenvalue weighted by Crippen LogP contribution is -1.94. The van der Waals surface area contributed by atoms with E-state index in [-0.39, 0.29) is 5.56 Å². The summed E-state index contributed by atoms with van der Waals surface area (Å²) in [7, 11) is 0. The number of halogens is 1. The van der Waals surface area contributed by atoms with Gasteiger partial charge in [0.1, 0.15) is 11.9 Å². The lowest BCUT2D eigenvalue weighted by atomic mass is 10.1. The number of hydrogen-bond acceptors (Lipinski definition) is 2. The molecule has 1 aromatic carbocycles. The Hall–Kier alpha value is -1.69. The Morgan fingerprint density at radius 3 is 2.75 bits per heavy atom. The first kappa shape index (κ1) is 8.41. The molecular weight excluding hydrogens is 155 g/mol. The average Bonchev–Trinajstić information content (AvgIpc) is 2.05. The van der Waals surface area contributed by atoms with E-state index in [4.69, 9.17) is 10.7 Å². The summed E-state index contributed by atoms with van der Waals surface area (Å²) in [6.45, 7) is 1.59. The lowest BCUT2D eigenvalue weighted by Gasteiger charge is -1.98. The van der Waals surface area contributed by atoms with Gasteiger partial charge >= 0.3 is 0 Å². The number of rotatable bonds is 1. The molecule has 12 heavy (non-hydrogen) atoms. The third kappa shape index (κ3) is 1.48. The Kier molecular flexibility index (Phi) is 2.20. The predicted octanol–water partition coefficient (Wildman–Crippen LogP) is 2.09. The molecule has 60 valence electrons. The molecule has 1 aromatic rings. The summed E-state index contributed by atoms with van der Waals surface area (Å²) in [5.74, 6) is -0.539. The van der Waals surface area contributed by atoms with Gasteiger partial charge in [0.15, 0.2) is 0 Å². The Balaban J connectivity index is 3.25. The van der Waals surface area contributed by atoms with Gasteiger partial charge in [-0.2, -0.15) is 5.26 Å². The van der Waals surface area contributed by atoms with Crippen molar-refractivity contribution in [3.8, 4) is 6.07 Å². The quantitative estimate of drug-likeness (QED) is 0.631. The van der Waals surface area contributed by atoms with Crippen LogP contribution >= 0.6 is 0 Å². The molecule has 3 heteroatoms. The van der Waals surface area contributed by atoms with Gasteiger partial charge in [-0.3, -0.25) is 0 Å². The molecule has 0 saturated carbocycles. The van der Waals surface area contributed by atoms with Crippen LogP contribution in [-0.2, 0) is 0 Å². The molecule has 0 aliphatic carbocycles. The van der Waals surface area contributed by atoms with Gasteiger partial charge in [0.25, 0.3) is 0 Å². The highest BCUT2D eigenvalue weighted by Crippen LogP contribution is 2.09. The van der Waals surface area contributed by atoms with Crippen LogP contribution in [0.1, 0.15) is 18.1 Å². The van der Waals surface area contributed by atoms with Crippen LogP contribution in [0.4, 0.5) is 4.39 Å². The summed E-state index contributed by atoms with van der Waals surface area (Å²) >= 11 is 0. The number of benzene rings is 1. The SMILES string of the molecule is CC(=N)c1ccc(F)c(C#N)c1. The second kappa shape index (κ2) is 3.14. The highest BCUT2D eigenvalue weighted by atomic mass is 19.1. The van der Waals surface area contributed by atoms with Crippen LogP contribution in [0, 0.1) is 22.6 Å². The van der Waals surface area contributed by atoms with Gasteiger partial charge in [0.05, 0.1) is 5.56 Å². The Morgan fingerprint density at radius 1 is 1.58 bits per heavy atom. The van der Waals surface area contributed by atoms with Crippen LogP contribution in [0.5, 0.6) is 0 Å². The van der Waals surface area contributed by atoms with Crippen LogP contribution in [0.2, 0.25) is 0 Å². The van der Waals surface area contributed by atoms with Crippen molar-refractivity contribution in [2.45, 2.75) is 6.92 Å². The standard InChI is InChI=1S/C9H7FN2/c1-6(12)7-2-3-9(10)8(4-7)5-11/h2-4,12H,1H3. The van der Waals surface area contributed by atoms with Gasteiger partial charge in [-0.05, 0) is 24.6 Å². The van der Waals surface area contributed by atoms with Crippen molar-refractivity contribution in [2.24, 2.45) is 0 Å². The maximum absolute atomic E-state index is 12.7. The highest BCUT2D eigenvalue weighted by Gasteiger charge is 2.02. The molecule has 0 aliphatic rings. The second-order valence-electron chi connectivity index (χ2n) is 2.43. The first-order valence-electron chi connectivity index (χ1n) is 3.40. The van der Waals surface area contributed by atoms with Crippen molar-refractivity contribution < 1.29 is 4.39 Å². The summed E-state index contributed by atoms with van der Waals surface area (Å²) in [6.07, 6.45) is 0. The molecule has 0 bridgehead atoms. The minimum Gasteiger partial charge on any atom is -0.305 e. The molecule has 0 amide bonds. The molecule has 0 spiro atoms. The fraction of sp³-hybridized carbons (Fsp3) is 0.111. The van der Waals surface area contributed by atoms with E-state index >= 15 is 0 Å². The van der Waals surface area contributed by atoms with E-state index in [1.54, 1.807) is 13.0 Å². The largest absolute Gasteiger partial charge is 0.305 e. The summed E-state index contributed by atoms with van der Waals surface area (Å²) in [5, 5.41) is 15.7. The van der Waals surface area contributed by atoms with Crippen molar-refractivity contribution in [1.82, 2.24) is 0 Å². The minimum atomic E-state index is -0.539. The molecule has 1 rings (SSSR count). The molecule has 0 radical (unpaired) electrons. The smallest absolute Gasteiger partial charge is 0.140 e. The molecule has 0 heterocycles. The van der Waals surface area contributed by atoms with Crippen molar-refractivity contribution >= 4 is 5.71 Å². The van der Waals surface area contributed by atoms with E-state index in [1.165, 1.54) is 18.2 Å². The first-order chi connectivity index (χ1) is 5.65. The molecule has 0 fully saturated rings. The van der Waals surface area contributed by atoms with Crippen molar-refractivity contribution in [3.63, 3.8) is 0 Å². The molecule has 0 aliphatic heterocycles. The van der Waals surface area contributed by atoms with E-state index in [2.05, 4.69) is 0 Å². The van der Waals surface area contributed by atoms with Crippen LogP contribution < -0.4 is 0 Å². The van der Waals surface area contributed by atoms with Gasteiger partial charge < -0.3 is 5.41 Å². The van der Waals surface area contributed by atoms with E-state index in [0.29, 0.717) is 11.3 Å². The summed E-state index contributed by atoms with van der Waals surface area (Å²) < 4.78 is 12.7. The van der Waals surface area contributed by atoms with Crippen LogP contribution in [0.25, 0.3) is 0 Å². The number of hydrogen-bond donors (Lipinski definition) is 1. The monoisotopic (exact) mass is 162 g/mol. The van der Waals surface area contributed by atoms with E-state index in [9.17, 15) is 4.39 Å². The summed E-state index contributed by atoms with van der Waals surface area (Å²) in [5.41, 5.74) is 0.888. The Labute approximate surface area is 69.8 Å². The topological polar surface area (TPSA) is 47.6 Å². The van der Waals surface area contributed by atoms with E-state index in [0.717, 1.165) is 0 Å². The maximum atomic E-state index is 12.7. The van der Waals surface area contributed by atoms with Crippen molar-refractivity contribution in [3.05, 3.63) is 35.1 Å². The van der Waals surface area contributed by atoms with Gasteiger partial charge in [-0.25, -0.2) is 4.39 Å². The van der Waals surface area contributed by atoms with Crippen LogP contribution in [0.15, 0.2) is 18.2 Å². The lowest BCUT2D eigenvalue weighted by molar-refractivity contribution is 0.624. The van der Waals surface area contributed by atoms with Crippen molar-refractivity contribution in [2.75, 3.05) is 0 Å². The van der Waals surface area contributed by atoms with Crippen molar-refractivity contribution in [1.29, 1.82) is 10.7 Å². The number of nitriles is 1. The fourth-order valence-corrected chi connectivity index (χ4v) is 0.844. The zero-order chi connectivity index (χ0) is 9.14. The zero-order valence-corrected chi connectivity index (χ0v) is 6.56. The van der Waals surface area contributed by atoms with Crippen LogP contribution in [-0.4, -0.2) is 5.71 Å². The number of nitrogens with zero attached hydrogens (tertiary/aromatic N) is 1. The Morgan fingerprint density at radius 2 is 2.25 bits per heavy atom. The first-order valence-corrected chi connectivity index (χ1v) is 3.40. The van der Waals surface area contributed by atoms with E-state index < -0.39 is 5.82 Å². The zero-order valence-electron chi connectivity index (χ0n) is 6.56. The summed E-state index contributed by atoms with van der Waals surface area (Å²) in [6, 6.07) is 5.78. The third-order valence-electron chi connectivity index (χ3n) is 1.52. The van der Waals surface area contributed by atoms with Gasteiger partial charge in [-0.15, -0.1) is 0 Å². The van der Waals surface area contributed by atoms with E-state index in [1.807, 2.05) is 0 Å². The molecule has 1 N–H and O–H groups in total. The maximum Gasteiger partial charge on any atom is 0.140 e. The fourth-order valence-electron chi connectivity index (χ4n) is 0.844. The molecule has 0 saturated heterocycles. The predicted molar refractivity (Wildman–Crippen MR) is 43.6 cm³/mol. The molecule has 0 aromatic heterocycles. The molecule has 2 nitrogen and oxygen atoms in total. The van der Waals surface area contributed by atoms with Gasteiger partial charge in [-0.1, -0.05) is 6.07 Å². The van der Waals surface area contributed by atoms with Crippen LogP contribution in [0.3, 0.4) is 0 Å². The second-order valence-corrected chi connectivity index (χ2v) is 2.43.